The largest absolute Gasteiger partial charge is 0.480 e. The van der Waals surface area contributed by atoms with E-state index in [1.807, 2.05) is 24.3 Å². The maximum Gasteiger partial charge on any atom is 0.326 e. The summed E-state index contributed by atoms with van der Waals surface area (Å²) in [4.78, 5) is 37.6. The molecule has 2 amide bonds. The van der Waals surface area contributed by atoms with Crippen LogP contribution in [0.5, 0.6) is 0 Å². The average molecular weight is 576 g/mol. The van der Waals surface area contributed by atoms with Crippen molar-refractivity contribution in [1.82, 2.24) is 10.6 Å². The van der Waals surface area contributed by atoms with Gasteiger partial charge in [-0.1, -0.05) is 72.9 Å². The first kappa shape index (κ1) is 29.5. The number of benzene rings is 3. The minimum absolute atomic E-state index is 0.000132. The predicted molar refractivity (Wildman–Crippen MR) is 152 cm³/mol. The second-order valence-electron chi connectivity index (χ2n) is 9.32. The number of carbonyl (C=O) groups excluding carboxylic acids is 2. The topological polar surface area (TPSA) is 95.5 Å². The second kappa shape index (κ2) is 13.1. The highest BCUT2D eigenvalue weighted by atomic mass is 35.5. The molecule has 200 valence electrons. The monoisotopic (exact) mass is 574 g/mol. The molecular formula is C29H29Cl3N2O4. The third-order valence-electron chi connectivity index (χ3n) is 6.20. The fraction of sp³-hybridized carbons (Fsp3) is 0.276. The van der Waals surface area contributed by atoms with Gasteiger partial charge >= 0.3 is 5.97 Å². The van der Waals surface area contributed by atoms with Crippen LogP contribution in [0.3, 0.4) is 0 Å². The summed E-state index contributed by atoms with van der Waals surface area (Å²) in [5.41, 5.74) is 3.72. The lowest BCUT2D eigenvalue weighted by atomic mass is 9.97. The molecule has 3 aromatic rings. The van der Waals surface area contributed by atoms with Gasteiger partial charge in [0.1, 0.15) is 6.04 Å². The first-order valence-electron chi connectivity index (χ1n) is 12.1. The van der Waals surface area contributed by atoms with Gasteiger partial charge in [-0.05, 0) is 71.8 Å². The summed E-state index contributed by atoms with van der Waals surface area (Å²) in [5.74, 6) is -1.84. The van der Waals surface area contributed by atoms with E-state index in [0.717, 1.165) is 16.7 Å². The maximum atomic E-state index is 13.2. The number of hydrogen-bond acceptors (Lipinski definition) is 3. The molecule has 3 N–H and O–H groups in total. The molecule has 0 aliphatic carbocycles. The molecule has 0 aromatic heterocycles. The van der Waals surface area contributed by atoms with Crippen LogP contribution in [0.25, 0.3) is 0 Å². The highest BCUT2D eigenvalue weighted by Crippen LogP contribution is 2.31. The molecule has 0 unspecified atom stereocenters. The zero-order valence-corrected chi connectivity index (χ0v) is 23.5. The Hall–Kier alpha value is -3.06. The van der Waals surface area contributed by atoms with Crippen molar-refractivity contribution in [2.45, 2.75) is 45.6 Å². The van der Waals surface area contributed by atoms with Gasteiger partial charge in [0, 0.05) is 23.6 Å². The highest BCUT2D eigenvalue weighted by molar-refractivity contribution is 6.40. The van der Waals surface area contributed by atoms with E-state index in [-0.39, 0.29) is 40.4 Å². The number of rotatable bonds is 10. The molecule has 3 aromatic carbocycles. The number of amides is 2. The molecule has 3 rings (SSSR count). The third-order valence-corrected chi connectivity index (χ3v) is 7.16. The fourth-order valence-electron chi connectivity index (χ4n) is 4.04. The van der Waals surface area contributed by atoms with Gasteiger partial charge in [-0.3, -0.25) is 9.59 Å². The highest BCUT2D eigenvalue weighted by Gasteiger charge is 2.26. The van der Waals surface area contributed by atoms with Crippen molar-refractivity contribution in [2.75, 3.05) is 6.54 Å². The minimum Gasteiger partial charge on any atom is -0.480 e. The summed E-state index contributed by atoms with van der Waals surface area (Å²) in [5, 5.41) is 16.0. The van der Waals surface area contributed by atoms with Crippen molar-refractivity contribution < 1.29 is 19.5 Å². The number of halogens is 3. The van der Waals surface area contributed by atoms with Crippen molar-refractivity contribution in [3.05, 3.63) is 103 Å². The Kier molecular flexibility index (Phi) is 10.2. The number of carboxylic acids is 1. The zero-order valence-electron chi connectivity index (χ0n) is 21.3. The van der Waals surface area contributed by atoms with E-state index in [0.29, 0.717) is 22.6 Å². The molecule has 0 saturated carbocycles. The van der Waals surface area contributed by atoms with Crippen molar-refractivity contribution in [3.8, 4) is 0 Å². The SMILES string of the molecule is Cc1cc(Cl)c(C(=O)N[C@@H](Cc2cccc(C(C)C)c2)C(=O)O)c(Cl)c1CCNC(=O)c1ccc(Cl)cc1. The van der Waals surface area contributed by atoms with Gasteiger partial charge in [-0.2, -0.15) is 0 Å². The number of aryl methyl sites for hydroxylation is 1. The predicted octanol–water partition coefficient (Wildman–Crippen LogP) is 6.48. The van der Waals surface area contributed by atoms with Crippen LogP contribution in [0, 0.1) is 6.92 Å². The van der Waals surface area contributed by atoms with Crippen LogP contribution in [-0.2, 0) is 17.6 Å². The van der Waals surface area contributed by atoms with Crippen LogP contribution >= 0.6 is 34.8 Å². The minimum atomic E-state index is -1.18. The van der Waals surface area contributed by atoms with Gasteiger partial charge in [0.25, 0.3) is 11.8 Å². The van der Waals surface area contributed by atoms with Gasteiger partial charge in [0.15, 0.2) is 0 Å². The van der Waals surface area contributed by atoms with Crippen LogP contribution in [0.4, 0.5) is 0 Å². The van der Waals surface area contributed by atoms with Crippen molar-refractivity contribution in [1.29, 1.82) is 0 Å². The van der Waals surface area contributed by atoms with Gasteiger partial charge in [0.2, 0.25) is 0 Å². The molecule has 1 atom stereocenters. The van der Waals surface area contributed by atoms with Gasteiger partial charge < -0.3 is 15.7 Å². The van der Waals surface area contributed by atoms with E-state index in [2.05, 4.69) is 24.5 Å². The molecule has 0 aliphatic rings. The van der Waals surface area contributed by atoms with E-state index < -0.39 is 17.9 Å². The zero-order chi connectivity index (χ0) is 28.0. The summed E-state index contributed by atoms with van der Waals surface area (Å²) in [6.45, 7) is 6.17. The molecule has 9 heteroatoms. The average Bonchev–Trinajstić information content (AvgIpc) is 2.85. The normalized spacial score (nSPS) is 11.8. The van der Waals surface area contributed by atoms with Gasteiger partial charge in [-0.25, -0.2) is 4.79 Å². The fourth-order valence-corrected chi connectivity index (χ4v) is 4.99. The van der Waals surface area contributed by atoms with Gasteiger partial charge in [-0.15, -0.1) is 0 Å². The third kappa shape index (κ3) is 7.50. The summed E-state index contributed by atoms with van der Waals surface area (Å²) in [6.07, 6.45) is 0.443. The van der Waals surface area contributed by atoms with Crippen LogP contribution in [0.1, 0.15) is 62.7 Å². The second-order valence-corrected chi connectivity index (χ2v) is 10.5. The van der Waals surface area contributed by atoms with Crippen LogP contribution in [0.15, 0.2) is 54.6 Å². The summed E-state index contributed by atoms with van der Waals surface area (Å²) < 4.78 is 0. The molecule has 0 heterocycles. The Morgan fingerprint density at radius 2 is 1.63 bits per heavy atom. The van der Waals surface area contributed by atoms with Crippen molar-refractivity contribution in [2.24, 2.45) is 0 Å². The number of hydrogen-bond donors (Lipinski definition) is 3. The number of nitrogens with one attached hydrogen (secondary N) is 2. The van der Waals surface area contributed by atoms with Crippen LogP contribution < -0.4 is 10.6 Å². The Morgan fingerprint density at radius 1 is 0.947 bits per heavy atom. The lowest BCUT2D eigenvalue weighted by Gasteiger charge is -2.19. The van der Waals surface area contributed by atoms with Crippen LogP contribution in [-0.4, -0.2) is 35.5 Å². The Balaban J connectivity index is 1.75. The Morgan fingerprint density at radius 3 is 2.26 bits per heavy atom. The number of carbonyl (C=O) groups is 3. The molecule has 0 spiro atoms. The maximum absolute atomic E-state index is 13.2. The molecule has 0 saturated heterocycles. The lowest BCUT2D eigenvalue weighted by Crippen LogP contribution is -2.42. The van der Waals surface area contributed by atoms with Crippen molar-refractivity contribution >= 4 is 52.6 Å². The molecular weight excluding hydrogens is 547 g/mol. The molecule has 6 nitrogen and oxygen atoms in total. The smallest absolute Gasteiger partial charge is 0.326 e. The molecule has 0 radical (unpaired) electrons. The van der Waals surface area contributed by atoms with E-state index in [9.17, 15) is 19.5 Å². The lowest BCUT2D eigenvalue weighted by molar-refractivity contribution is -0.139. The summed E-state index contributed by atoms with van der Waals surface area (Å²) >= 11 is 18.9. The summed E-state index contributed by atoms with van der Waals surface area (Å²) in [7, 11) is 0. The van der Waals surface area contributed by atoms with E-state index in [1.54, 1.807) is 37.3 Å². The number of aliphatic carboxylic acids is 1. The standard InChI is InChI=1S/C29H29Cl3N2O4/c1-16(2)20-6-4-5-18(14-20)15-24(29(37)38)34-28(36)25-23(31)13-17(3)22(26(25)32)11-12-33-27(35)19-7-9-21(30)10-8-19/h4-10,13-14,16,24H,11-12,15H2,1-3H3,(H,33,35)(H,34,36)(H,37,38)/t24-/m0/s1. The number of carboxylic acid groups (broad SMARTS) is 1. The molecule has 0 fully saturated rings. The molecule has 0 aliphatic heterocycles. The van der Waals surface area contributed by atoms with E-state index in [4.69, 9.17) is 34.8 Å². The first-order chi connectivity index (χ1) is 18.0. The Labute approximate surface area is 237 Å². The van der Waals surface area contributed by atoms with E-state index in [1.165, 1.54) is 0 Å². The molecule has 0 bridgehead atoms. The van der Waals surface area contributed by atoms with Crippen LogP contribution in [0.2, 0.25) is 15.1 Å². The van der Waals surface area contributed by atoms with Gasteiger partial charge in [0.05, 0.1) is 15.6 Å². The molecule has 38 heavy (non-hydrogen) atoms. The Bertz CT molecular complexity index is 1340. The first-order valence-corrected chi connectivity index (χ1v) is 13.2. The van der Waals surface area contributed by atoms with Crippen molar-refractivity contribution in [3.63, 3.8) is 0 Å². The van der Waals surface area contributed by atoms with E-state index >= 15 is 0 Å². The quantitative estimate of drug-likeness (QED) is 0.258. The summed E-state index contributed by atoms with van der Waals surface area (Å²) in [6, 6.07) is 14.6.